The summed E-state index contributed by atoms with van der Waals surface area (Å²) in [6.45, 7) is 0.407. The number of nitrogens with one attached hydrogen (secondary N) is 2. The van der Waals surface area contributed by atoms with Crippen molar-refractivity contribution in [3.05, 3.63) is 45.1 Å². The molecule has 0 fully saturated rings. The molecule has 0 bridgehead atoms. The Bertz CT molecular complexity index is 519. The summed E-state index contributed by atoms with van der Waals surface area (Å²) in [5.41, 5.74) is 0. The topological polar surface area (TPSA) is 57.8 Å². The van der Waals surface area contributed by atoms with E-state index in [1.807, 2.05) is 12.1 Å². The highest BCUT2D eigenvalue weighted by Gasteiger charge is 1.98. The second-order valence-electron chi connectivity index (χ2n) is 3.23. The van der Waals surface area contributed by atoms with Gasteiger partial charge in [-0.15, -0.1) is 11.3 Å². The van der Waals surface area contributed by atoms with Crippen molar-refractivity contribution in [3.8, 4) is 0 Å². The number of imidazole rings is 1. The molecule has 2 aromatic rings. The van der Waals surface area contributed by atoms with Crippen LogP contribution in [-0.2, 0) is 11.3 Å². The molecule has 0 aromatic carbocycles. The van der Waals surface area contributed by atoms with Gasteiger partial charge in [0, 0.05) is 23.3 Å². The third-order valence-corrected chi connectivity index (χ3v) is 3.57. The van der Waals surface area contributed by atoms with Crippen LogP contribution in [0.5, 0.6) is 0 Å². The Balaban J connectivity index is 1.83. The van der Waals surface area contributed by atoms with E-state index in [1.54, 1.807) is 29.8 Å². The van der Waals surface area contributed by atoms with Crippen LogP contribution in [0.4, 0.5) is 0 Å². The zero-order chi connectivity index (χ0) is 12.1. The number of aromatic nitrogens is 2. The van der Waals surface area contributed by atoms with Gasteiger partial charge in [-0.1, -0.05) is 0 Å². The van der Waals surface area contributed by atoms with Gasteiger partial charge in [0.25, 0.3) is 0 Å². The van der Waals surface area contributed by atoms with Crippen molar-refractivity contribution in [2.24, 2.45) is 0 Å². The predicted octanol–water partition coefficient (Wildman–Crippen LogP) is 2.56. The second kappa shape index (κ2) is 5.79. The molecule has 2 aromatic heterocycles. The van der Waals surface area contributed by atoms with Gasteiger partial charge < -0.3 is 10.3 Å². The van der Waals surface area contributed by atoms with Gasteiger partial charge in [-0.05, 0) is 34.1 Å². The van der Waals surface area contributed by atoms with E-state index >= 15 is 0 Å². The normalized spacial score (nSPS) is 10.9. The van der Waals surface area contributed by atoms with Crippen LogP contribution >= 0.6 is 27.3 Å². The van der Waals surface area contributed by atoms with Gasteiger partial charge in [0.15, 0.2) is 0 Å². The van der Waals surface area contributed by atoms with Gasteiger partial charge in [-0.3, -0.25) is 4.79 Å². The first-order valence-electron chi connectivity index (χ1n) is 4.93. The van der Waals surface area contributed by atoms with Gasteiger partial charge in [-0.25, -0.2) is 4.98 Å². The Morgan fingerprint density at radius 3 is 3.12 bits per heavy atom. The Hall–Kier alpha value is -1.40. The summed E-state index contributed by atoms with van der Waals surface area (Å²) in [5, 5.41) is 2.74. The Kier molecular flexibility index (Phi) is 4.11. The molecule has 0 aliphatic heterocycles. The Labute approximate surface area is 111 Å². The molecule has 1 amide bonds. The van der Waals surface area contributed by atoms with Crippen molar-refractivity contribution in [3.63, 3.8) is 0 Å². The van der Waals surface area contributed by atoms with Crippen LogP contribution in [-0.4, -0.2) is 15.9 Å². The number of H-pyrrole nitrogens is 1. The zero-order valence-electron chi connectivity index (χ0n) is 8.81. The Morgan fingerprint density at radius 2 is 2.47 bits per heavy atom. The molecule has 0 aliphatic rings. The average molecular weight is 312 g/mol. The minimum absolute atomic E-state index is 0.133. The van der Waals surface area contributed by atoms with E-state index in [0.29, 0.717) is 6.54 Å². The quantitative estimate of drug-likeness (QED) is 0.853. The summed E-state index contributed by atoms with van der Waals surface area (Å²) in [6, 6.07) is 3.90. The largest absolute Gasteiger partial charge is 0.347 e. The molecule has 0 unspecified atom stereocenters. The number of thiophene rings is 1. The minimum Gasteiger partial charge on any atom is -0.347 e. The number of carbonyl (C=O) groups excluding carboxylic acids is 1. The molecule has 2 rings (SSSR count). The predicted molar refractivity (Wildman–Crippen MR) is 71.5 cm³/mol. The summed E-state index contributed by atoms with van der Waals surface area (Å²) in [5.74, 6) is 0.608. The lowest BCUT2D eigenvalue weighted by Crippen LogP contribution is -2.20. The molecule has 6 heteroatoms. The number of amides is 1. The molecule has 0 atom stereocenters. The molecule has 2 heterocycles. The number of aromatic amines is 1. The first-order valence-corrected chi connectivity index (χ1v) is 6.54. The first kappa shape index (κ1) is 12.1. The van der Waals surface area contributed by atoms with Gasteiger partial charge in [0.05, 0.1) is 10.3 Å². The number of rotatable bonds is 4. The van der Waals surface area contributed by atoms with Crippen molar-refractivity contribution >= 4 is 39.2 Å². The highest BCUT2D eigenvalue weighted by Crippen LogP contribution is 2.22. The number of hydrogen-bond donors (Lipinski definition) is 2. The van der Waals surface area contributed by atoms with E-state index < -0.39 is 0 Å². The van der Waals surface area contributed by atoms with Crippen LogP contribution in [0.1, 0.15) is 10.7 Å². The number of halogens is 1. The lowest BCUT2D eigenvalue weighted by Gasteiger charge is -1.97. The Morgan fingerprint density at radius 1 is 1.59 bits per heavy atom. The lowest BCUT2D eigenvalue weighted by atomic mass is 10.4. The van der Waals surface area contributed by atoms with E-state index in [-0.39, 0.29) is 5.91 Å². The maximum absolute atomic E-state index is 11.5. The molecule has 88 valence electrons. The van der Waals surface area contributed by atoms with Crippen LogP contribution < -0.4 is 5.32 Å². The van der Waals surface area contributed by atoms with E-state index in [0.717, 1.165) is 14.5 Å². The van der Waals surface area contributed by atoms with Crippen molar-refractivity contribution in [2.45, 2.75) is 6.54 Å². The van der Waals surface area contributed by atoms with E-state index in [1.165, 1.54) is 6.08 Å². The van der Waals surface area contributed by atoms with Crippen molar-refractivity contribution in [1.82, 2.24) is 15.3 Å². The van der Waals surface area contributed by atoms with Gasteiger partial charge in [0.2, 0.25) is 5.91 Å². The van der Waals surface area contributed by atoms with Crippen molar-refractivity contribution in [1.29, 1.82) is 0 Å². The molecule has 0 saturated heterocycles. The number of carbonyl (C=O) groups is 1. The van der Waals surface area contributed by atoms with Crippen LogP contribution in [0, 0.1) is 0 Å². The fourth-order valence-corrected chi connectivity index (χ4v) is 2.53. The van der Waals surface area contributed by atoms with Gasteiger partial charge >= 0.3 is 0 Å². The highest BCUT2D eigenvalue weighted by atomic mass is 79.9. The van der Waals surface area contributed by atoms with Crippen molar-refractivity contribution < 1.29 is 4.79 Å². The van der Waals surface area contributed by atoms with E-state index in [4.69, 9.17) is 0 Å². The molecule has 0 aliphatic carbocycles. The van der Waals surface area contributed by atoms with Gasteiger partial charge in [-0.2, -0.15) is 0 Å². The van der Waals surface area contributed by atoms with Crippen molar-refractivity contribution in [2.75, 3.05) is 0 Å². The first-order chi connectivity index (χ1) is 8.24. The van der Waals surface area contributed by atoms with Crippen LogP contribution in [0.25, 0.3) is 6.08 Å². The van der Waals surface area contributed by atoms with Crippen LogP contribution in [0.2, 0.25) is 0 Å². The molecule has 2 N–H and O–H groups in total. The molecule has 4 nitrogen and oxygen atoms in total. The fraction of sp³-hybridized carbons (Fsp3) is 0.0909. The maximum Gasteiger partial charge on any atom is 0.244 e. The summed E-state index contributed by atoms with van der Waals surface area (Å²) >= 11 is 4.94. The lowest BCUT2D eigenvalue weighted by molar-refractivity contribution is -0.116. The van der Waals surface area contributed by atoms with Crippen LogP contribution in [0.3, 0.4) is 0 Å². The van der Waals surface area contributed by atoms with E-state index in [2.05, 4.69) is 31.2 Å². The molecular weight excluding hydrogens is 302 g/mol. The molecule has 0 radical (unpaired) electrons. The standard InChI is InChI=1S/C11H10BrN3OS/c12-9-3-1-8(17-9)2-4-11(16)15-7-10-13-5-6-14-10/h1-6H,7H2,(H,13,14)(H,15,16). The zero-order valence-corrected chi connectivity index (χ0v) is 11.2. The molecular formula is C11H10BrN3OS. The highest BCUT2D eigenvalue weighted by molar-refractivity contribution is 9.11. The summed E-state index contributed by atoms with van der Waals surface area (Å²) in [4.78, 5) is 19.4. The smallest absolute Gasteiger partial charge is 0.244 e. The summed E-state index contributed by atoms with van der Waals surface area (Å²) in [7, 11) is 0. The molecule has 17 heavy (non-hydrogen) atoms. The van der Waals surface area contributed by atoms with Gasteiger partial charge in [0.1, 0.15) is 5.82 Å². The van der Waals surface area contributed by atoms with Crippen LogP contribution in [0.15, 0.2) is 34.4 Å². The average Bonchev–Trinajstić information content (AvgIpc) is 2.95. The maximum atomic E-state index is 11.5. The third-order valence-electron chi connectivity index (χ3n) is 1.98. The molecule has 0 saturated carbocycles. The minimum atomic E-state index is -0.133. The monoisotopic (exact) mass is 311 g/mol. The SMILES string of the molecule is O=C(C=Cc1ccc(Br)s1)NCc1ncc[nH]1. The molecule has 0 spiro atoms. The number of hydrogen-bond acceptors (Lipinski definition) is 3. The van der Waals surface area contributed by atoms with E-state index in [9.17, 15) is 4.79 Å². The fourth-order valence-electron chi connectivity index (χ4n) is 1.20. The number of nitrogens with zero attached hydrogens (tertiary/aromatic N) is 1. The summed E-state index contributed by atoms with van der Waals surface area (Å²) in [6.07, 6.45) is 6.68. The summed E-state index contributed by atoms with van der Waals surface area (Å²) < 4.78 is 1.05. The third kappa shape index (κ3) is 3.83. The second-order valence-corrected chi connectivity index (χ2v) is 5.72.